The van der Waals surface area contributed by atoms with Crippen LogP contribution in [0.4, 0.5) is 0 Å². The highest BCUT2D eigenvalue weighted by Gasteiger charge is 2.21. The fourth-order valence-electron chi connectivity index (χ4n) is 3.03. The molecule has 2 aromatic rings. The molecule has 1 amide bonds. The molecule has 0 saturated carbocycles. The maximum absolute atomic E-state index is 12.3. The summed E-state index contributed by atoms with van der Waals surface area (Å²) in [5.74, 6) is 0.390. The predicted octanol–water partition coefficient (Wildman–Crippen LogP) is 3.38. The van der Waals surface area contributed by atoms with Gasteiger partial charge in [-0.25, -0.2) is 9.97 Å². The minimum Gasteiger partial charge on any atom is -0.349 e. The van der Waals surface area contributed by atoms with Gasteiger partial charge in [-0.3, -0.25) is 4.79 Å². The SMILES string of the molecule is Cc1cc(C)nc(SCC(=O)N[C@H]2CCCc3ccccc32)n1. The third kappa shape index (κ3) is 4.10. The smallest absolute Gasteiger partial charge is 0.230 e. The van der Waals surface area contributed by atoms with Gasteiger partial charge in [0.15, 0.2) is 5.16 Å². The van der Waals surface area contributed by atoms with Gasteiger partial charge in [0.2, 0.25) is 5.91 Å². The van der Waals surface area contributed by atoms with E-state index in [-0.39, 0.29) is 11.9 Å². The Morgan fingerprint density at radius 1 is 1.26 bits per heavy atom. The number of hydrogen-bond donors (Lipinski definition) is 1. The molecule has 1 atom stereocenters. The van der Waals surface area contributed by atoms with Crippen molar-refractivity contribution in [3.63, 3.8) is 0 Å². The van der Waals surface area contributed by atoms with Gasteiger partial charge >= 0.3 is 0 Å². The molecule has 4 nitrogen and oxygen atoms in total. The molecule has 0 unspecified atom stereocenters. The number of carbonyl (C=O) groups excluding carboxylic acids is 1. The average Bonchev–Trinajstić information content (AvgIpc) is 2.52. The van der Waals surface area contributed by atoms with Gasteiger partial charge in [-0.1, -0.05) is 36.0 Å². The Bertz CT molecular complexity index is 697. The summed E-state index contributed by atoms with van der Waals surface area (Å²) in [6.07, 6.45) is 3.23. The number of rotatable bonds is 4. The van der Waals surface area contributed by atoms with Crippen molar-refractivity contribution in [2.45, 2.75) is 44.3 Å². The van der Waals surface area contributed by atoms with Gasteiger partial charge in [0.25, 0.3) is 0 Å². The van der Waals surface area contributed by atoms with Crippen molar-refractivity contribution >= 4 is 17.7 Å². The van der Waals surface area contributed by atoms with Crippen LogP contribution in [-0.2, 0) is 11.2 Å². The zero-order valence-electron chi connectivity index (χ0n) is 13.5. The summed E-state index contributed by atoms with van der Waals surface area (Å²) in [7, 11) is 0. The Morgan fingerprint density at radius 3 is 2.78 bits per heavy atom. The average molecular weight is 327 g/mol. The van der Waals surface area contributed by atoms with E-state index in [0.717, 1.165) is 30.7 Å². The van der Waals surface area contributed by atoms with E-state index in [9.17, 15) is 4.79 Å². The molecule has 0 spiro atoms. The van der Waals surface area contributed by atoms with Crippen molar-refractivity contribution in [1.29, 1.82) is 0 Å². The van der Waals surface area contributed by atoms with Crippen LogP contribution in [0.25, 0.3) is 0 Å². The van der Waals surface area contributed by atoms with Crippen LogP contribution in [0.3, 0.4) is 0 Å². The lowest BCUT2D eigenvalue weighted by atomic mass is 9.88. The molecule has 1 heterocycles. The van der Waals surface area contributed by atoms with Crippen LogP contribution in [0.2, 0.25) is 0 Å². The molecule has 23 heavy (non-hydrogen) atoms. The highest BCUT2D eigenvalue weighted by molar-refractivity contribution is 7.99. The van der Waals surface area contributed by atoms with E-state index in [1.165, 1.54) is 22.9 Å². The first-order valence-corrected chi connectivity index (χ1v) is 8.92. The minimum atomic E-state index is 0.0412. The Labute approximate surface area is 141 Å². The fourth-order valence-corrected chi connectivity index (χ4v) is 3.79. The topological polar surface area (TPSA) is 54.9 Å². The first-order chi connectivity index (χ1) is 11.1. The second-order valence-electron chi connectivity index (χ2n) is 5.93. The van der Waals surface area contributed by atoms with Crippen molar-refractivity contribution in [3.05, 3.63) is 52.8 Å². The summed E-state index contributed by atoms with van der Waals surface area (Å²) >= 11 is 1.39. The summed E-state index contributed by atoms with van der Waals surface area (Å²) in [6, 6.07) is 10.5. The number of amides is 1. The van der Waals surface area contributed by atoms with Crippen LogP contribution in [0.15, 0.2) is 35.5 Å². The molecule has 1 aromatic heterocycles. The van der Waals surface area contributed by atoms with E-state index < -0.39 is 0 Å². The zero-order valence-corrected chi connectivity index (χ0v) is 14.3. The Morgan fingerprint density at radius 2 is 2.00 bits per heavy atom. The van der Waals surface area contributed by atoms with Gasteiger partial charge in [-0.15, -0.1) is 0 Å². The second kappa shape index (κ2) is 7.13. The fraction of sp³-hybridized carbons (Fsp3) is 0.389. The van der Waals surface area contributed by atoms with Gasteiger partial charge in [-0.05, 0) is 50.3 Å². The number of hydrogen-bond acceptors (Lipinski definition) is 4. The second-order valence-corrected chi connectivity index (χ2v) is 6.88. The van der Waals surface area contributed by atoms with E-state index in [1.807, 2.05) is 26.0 Å². The molecular formula is C18H21N3OS. The van der Waals surface area contributed by atoms with E-state index in [2.05, 4.69) is 33.5 Å². The first-order valence-electron chi connectivity index (χ1n) is 7.94. The summed E-state index contributed by atoms with van der Waals surface area (Å²) in [6.45, 7) is 3.88. The standard InChI is InChI=1S/C18H21N3OS/c1-12-10-13(2)20-18(19-12)23-11-17(22)21-16-9-5-7-14-6-3-4-8-15(14)16/h3-4,6,8,10,16H,5,7,9,11H2,1-2H3,(H,21,22)/t16-/m0/s1. The number of fused-ring (bicyclic) bond motifs is 1. The molecule has 3 rings (SSSR count). The summed E-state index contributed by atoms with van der Waals surface area (Å²) in [4.78, 5) is 21.0. The van der Waals surface area contributed by atoms with E-state index in [4.69, 9.17) is 0 Å². The lowest BCUT2D eigenvalue weighted by Crippen LogP contribution is -2.32. The van der Waals surface area contributed by atoms with E-state index in [0.29, 0.717) is 10.9 Å². The van der Waals surface area contributed by atoms with Crippen LogP contribution >= 0.6 is 11.8 Å². The summed E-state index contributed by atoms with van der Waals surface area (Å²) in [5.41, 5.74) is 4.48. The lowest BCUT2D eigenvalue weighted by molar-refractivity contribution is -0.119. The minimum absolute atomic E-state index is 0.0412. The van der Waals surface area contributed by atoms with Gasteiger partial charge in [0.05, 0.1) is 11.8 Å². The normalized spacial score (nSPS) is 16.7. The molecule has 0 fully saturated rings. The Balaban J connectivity index is 1.60. The number of benzene rings is 1. The number of thioether (sulfide) groups is 1. The third-order valence-corrected chi connectivity index (χ3v) is 4.85. The van der Waals surface area contributed by atoms with Crippen molar-refractivity contribution in [1.82, 2.24) is 15.3 Å². The van der Waals surface area contributed by atoms with Crippen molar-refractivity contribution < 1.29 is 4.79 Å². The molecule has 120 valence electrons. The number of carbonyl (C=O) groups is 1. The van der Waals surface area contributed by atoms with Crippen LogP contribution in [0.5, 0.6) is 0 Å². The van der Waals surface area contributed by atoms with Crippen LogP contribution in [0.1, 0.15) is 41.4 Å². The maximum atomic E-state index is 12.3. The summed E-state index contributed by atoms with van der Waals surface area (Å²) in [5, 5.41) is 3.83. The quantitative estimate of drug-likeness (QED) is 0.691. The molecule has 1 N–H and O–H groups in total. The number of nitrogens with zero attached hydrogens (tertiary/aromatic N) is 2. The highest BCUT2D eigenvalue weighted by Crippen LogP contribution is 2.29. The number of aryl methyl sites for hydroxylation is 3. The predicted molar refractivity (Wildman–Crippen MR) is 92.5 cm³/mol. The van der Waals surface area contributed by atoms with E-state index >= 15 is 0 Å². The number of nitrogens with one attached hydrogen (secondary N) is 1. The lowest BCUT2D eigenvalue weighted by Gasteiger charge is -2.26. The van der Waals surface area contributed by atoms with Crippen LogP contribution in [-0.4, -0.2) is 21.6 Å². The molecule has 0 radical (unpaired) electrons. The van der Waals surface area contributed by atoms with Crippen molar-refractivity contribution in [2.24, 2.45) is 0 Å². The molecule has 0 bridgehead atoms. The molecular weight excluding hydrogens is 306 g/mol. The molecule has 1 aliphatic rings. The van der Waals surface area contributed by atoms with Crippen LogP contribution in [0, 0.1) is 13.8 Å². The van der Waals surface area contributed by atoms with Gasteiger partial charge in [-0.2, -0.15) is 0 Å². The third-order valence-electron chi connectivity index (χ3n) is 4.00. The van der Waals surface area contributed by atoms with Crippen molar-refractivity contribution in [2.75, 3.05) is 5.75 Å². The van der Waals surface area contributed by atoms with Gasteiger partial charge in [0.1, 0.15) is 0 Å². The molecule has 1 aliphatic carbocycles. The highest BCUT2D eigenvalue weighted by atomic mass is 32.2. The first kappa shape index (κ1) is 16.0. The van der Waals surface area contributed by atoms with Crippen molar-refractivity contribution in [3.8, 4) is 0 Å². The van der Waals surface area contributed by atoms with Crippen LogP contribution < -0.4 is 5.32 Å². The Kier molecular flexibility index (Phi) is 4.96. The molecule has 0 aliphatic heterocycles. The zero-order chi connectivity index (χ0) is 16.2. The summed E-state index contributed by atoms with van der Waals surface area (Å²) < 4.78 is 0. The van der Waals surface area contributed by atoms with Gasteiger partial charge < -0.3 is 5.32 Å². The van der Waals surface area contributed by atoms with E-state index in [1.54, 1.807) is 0 Å². The molecule has 0 saturated heterocycles. The monoisotopic (exact) mass is 327 g/mol. The molecule has 5 heteroatoms. The van der Waals surface area contributed by atoms with Gasteiger partial charge in [0, 0.05) is 11.4 Å². The Hall–Kier alpha value is -1.88. The molecule has 1 aromatic carbocycles. The maximum Gasteiger partial charge on any atom is 0.230 e. The largest absolute Gasteiger partial charge is 0.349 e. The number of aromatic nitrogens is 2.